The number of para-hydroxylation sites is 1. The first-order valence-corrected chi connectivity index (χ1v) is 9.49. The molecule has 2 bridgehead atoms. The zero-order valence-corrected chi connectivity index (χ0v) is 14.7. The maximum Gasteiger partial charge on any atom is 0.224 e. The van der Waals surface area contributed by atoms with E-state index < -0.39 is 0 Å². The summed E-state index contributed by atoms with van der Waals surface area (Å²) in [4.78, 5) is 14.8. The SMILES string of the molecule is O=C(CC1CC2CCC1C2)Nc1cccc(Cl)c1N1CCOCC1. The first kappa shape index (κ1) is 16.2. The van der Waals surface area contributed by atoms with Crippen molar-refractivity contribution in [2.45, 2.75) is 32.1 Å². The largest absolute Gasteiger partial charge is 0.378 e. The second-order valence-electron chi connectivity index (χ2n) is 7.42. The molecule has 1 aromatic carbocycles. The minimum absolute atomic E-state index is 0.129. The van der Waals surface area contributed by atoms with E-state index in [0.29, 0.717) is 30.6 Å². The summed E-state index contributed by atoms with van der Waals surface area (Å²) in [5.41, 5.74) is 1.77. The van der Waals surface area contributed by atoms with E-state index in [1.165, 1.54) is 25.7 Å². The number of halogens is 1. The molecule has 4 rings (SSSR count). The Morgan fingerprint density at radius 1 is 1.25 bits per heavy atom. The molecule has 3 unspecified atom stereocenters. The molecule has 1 aliphatic heterocycles. The van der Waals surface area contributed by atoms with Crippen molar-refractivity contribution >= 4 is 28.9 Å². The van der Waals surface area contributed by atoms with Crippen LogP contribution in [0.4, 0.5) is 11.4 Å². The molecule has 3 fully saturated rings. The average molecular weight is 349 g/mol. The molecule has 2 aliphatic carbocycles. The first-order chi connectivity index (χ1) is 11.7. The van der Waals surface area contributed by atoms with Gasteiger partial charge in [0.2, 0.25) is 5.91 Å². The molecular formula is C19H25ClN2O2. The maximum absolute atomic E-state index is 12.6. The Labute approximate surface area is 148 Å². The van der Waals surface area contributed by atoms with Crippen LogP contribution in [0, 0.1) is 17.8 Å². The normalized spacial score (nSPS) is 29.0. The molecule has 1 saturated heterocycles. The van der Waals surface area contributed by atoms with Gasteiger partial charge in [-0.05, 0) is 49.1 Å². The van der Waals surface area contributed by atoms with Gasteiger partial charge in [-0.15, -0.1) is 0 Å². The van der Waals surface area contributed by atoms with Crippen LogP contribution in [0.5, 0.6) is 0 Å². The summed E-state index contributed by atoms with van der Waals surface area (Å²) in [5, 5.41) is 3.82. The molecule has 130 valence electrons. The number of carbonyl (C=O) groups excluding carboxylic acids is 1. The summed E-state index contributed by atoms with van der Waals surface area (Å²) < 4.78 is 5.43. The Morgan fingerprint density at radius 2 is 2.08 bits per heavy atom. The number of ether oxygens (including phenoxy) is 1. The molecule has 5 heteroatoms. The summed E-state index contributed by atoms with van der Waals surface area (Å²) in [7, 11) is 0. The van der Waals surface area contributed by atoms with Gasteiger partial charge in [-0.1, -0.05) is 24.1 Å². The maximum atomic E-state index is 12.6. The van der Waals surface area contributed by atoms with Crippen molar-refractivity contribution in [2.75, 3.05) is 36.5 Å². The van der Waals surface area contributed by atoms with Crippen LogP contribution in [0.15, 0.2) is 18.2 Å². The van der Waals surface area contributed by atoms with Gasteiger partial charge in [-0.25, -0.2) is 0 Å². The van der Waals surface area contributed by atoms with Crippen molar-refractivity contribution in [3.63, 3.8) is 0 Å². The van der Waals surface area contributed by atoms with Crippen LogP contribution in [-0.4, -0.2) is 32.2 Å². The number of hydrogen-bond donors (Lipinski definition) is 1. The highest BCUT2D eigenvalue weighted by Crippen LogP contribution is 2.49. The fraction of sp³-hybridized carbons (Fsp3) is 0.632. The number of fused-ring (bicyclic) bond motifs is 2. The van der Waals surface area contributed by atoms with E-state index in [0.717, 1.165) is 36.3 Å². The predicted molar refractivity (Wildman–Crippen MR) is 96.7 cm³/mol. The van der Waals surface area contributed by atoms with Crippen molar-refractivity contribution in [2.24, 2.45) is 17.8 Å². The van der Waals surface area contributed by atoms with E-state index in [1.807, 2.05) is 18.2 Å². The minimum atomic E-state index is 0.129. The van der Waals surface area contributed by atoms with Gasteiger partial charge in [0, 0.05) is 19.5 Å². The van der Waals surface area contributed by atoms with Crippen LogP contribution in [0.2, 0.25) is 5.02 Å². The fourth-order valence-corrected chi connectivity index (χ4v) is 5.08. The standard InChI is InChI=1S/C19H25ClN2O2/c20-16-2-1-3-17(19(16)22-6-8-24-9-7-22)21-18(23)12-15-11-13-4-5-14(15)10-13/h1-3,13-15H,4-12H2,(H,21,23). The predicted octanol–water partition coefficient (Wildman–Crippen LogP) is 3.94. The Bertz CT molecular complexity index is 615. The number of benzene rings is 1. The van der Waals surface area contributed by atoms with Crippen LogP contribution in [0.3, 0.4) is 0 Å². The second kappa shape index (κ2) is 6.93. The van der Waals surface area contributed by atoms with E-state index >= 15 is 0 Å². The van der Waals surface area contributed by atoms with Crippen LogP contribution >= 0.6 is 11.6 Å². The second-order valence-corrected chi connectivity index (χ2v) is 7.83. The highest BCUT2D eigenvalue weighted by Gasteiger charge is 2.40. The van der Waals surface area contributed by atoms with Gasteiger partial charge in [-0.2, -0.15) is 0 Å². The molecule has 1 amide bonds. The molecule has 0 spiro atoms. The fourth-order valence-electron chi connectivity index (χ4n) is 4.79. The number of nitrogens with one attached hydrogen (secondary N) is 1. The highest BCUT2D eigenvalue weighted by atomic mass is 35.5. The Hall–Kier alpha value is -1.26. The molecule has 1 N–H and O–H groups in total. The van der Waals surface area contributed by atoms with Gasteiger partial charge >= 0.3 is 0 Å². The number of amides is 1. The summed E-state index contributed by atoms with van der Waals surface area (Å²) in [5.74, 6) is 2.36. The number of rotatable bonds is 4. The molecule has 24 heavy (non-hydrogen) atoms. The Kier molecular flexibility index (Phi) is 4.68. The van der Waals surface area contributed by atoms with Gasteiger partial charge < -0.3 is 15.0 Å². The van der Waals surface area contributed by atoms with Crippen molar-refractivity contribution in [1.29, 1.82) is 0 Å². The van der Waals surface area contributed by atoms with Crippen molar-refractivity contribution in [3.8, 4) is 0 Å². The number of morpholine rings is 1. The molecule has 2 saturated carbocycles. The summed E-state index contributed by atoms with van der Waals surface area (Å²) in [6.07, 6.45) is 5.92. The lowest BCUT2D eigenvalue weighted by Gasteiger charge is -2.31. The number of anilines is 2. The minimum Gasteiger partial charge on any atom is -0.378 e. The molecule has 1 heterocycles. The van der Waals surface area contributed by atoms with Crippen LogP contribution in [0.1, 0.15) is 32.1 Å². The lowest BCUT2D eigenvalue weighted by Crippen LogP contribution is -2.37. The highest BCUT2D eigenvalue weighted by molar-refractivity contribution is 6.34. The number of carbonyl (C=O) groups is 1. The van der Waals surface area contributed by atoms with Gasteiger partial charge in [-0.3, -0.25) is 4.79 Å². The number of hydrogen-bond acceptors (Lipinski definition) is 3. The number of nitrogens with zero attached hydrogens (tertiary/aromatic N) is 1. The Balaban J connectivity index is 1.45. The van der Waals surface area contributed by atoms with E-state index in [2.05, 4.69) is 10.2 Å². The van der Waals surface area contributed by atoms with E-state index in [-0.39, 0.29) is 5.91 Å². The van der Waals surface area contributed by atoms with Gasteiger partial charge in [0.15, 0.2) is 0 Å². The van der Waals surface area contributed by atoms with E-state index in [9.17, 15) is 4.79 Å². The molecular weight excluding hydrogens is 324 g/mol. The Morgan fingerprint density at radius 3 is 2.79 bits per heavy atom. The van der Waals surface area contributed by atoms with Crippen LogP contribution < -0.4 is 10.2 Å². The molecule has 0 aromatic heterocycles. The van der Waals surface area contributed by atoms with Crippen LogP contribution in [-0.2, 0) is 9.53 Å². The summed E-state index contributed by atoms with van der Waals surface area (Å²) in [6, 6.07) is 5.74. The zero-order chi connectivity index (χ0) is 16.5. The van der Waals surface area contributed by atoms with Crippen molar-refractivity contribution < 1.29 is 9.53 Å². The third kappa shape index (κ3) is 3.27. The quantitative estimate of drug-likeness (QED) is 0.896. The zero-order valence-electron chi connectivity index (χ0n) is 14.0. The third-order valence-electron chi connectivity index (χ3n) is 5.92. The molecule has 3 atom stereocenters. The smallest absolute Gasteiger partial charge is 0.224 e. The summed E-state index contributed by atoms with van der Waals surface area (Å²) >= 11 is 6.43. The monoisotopic (exact) mass is 348 g/mol. The molecule has 0 radical (unpaired) electrons. The van der Waals surface area contributed by atoms with Crippen molar-refractivity contribution in [1.82, 2.24) is 0 Å². The van der Waals surface area contributed by atoms with Crippen LogP contribution in [0.25, 0.3) is 0 Å². The molecule has 4 nitrogen and oxygen atoms in total. The third-order valence-corrected chi connectivity index (χ3v) is 6.23. The topological polar surface area (TPSA) is 41.6 Å². The lowest BCUT2D eigenvalue weighted by molar-refractivity contribution is -0.117. The van der Waals surface area contributed by atoms with Crippen molar-refractivity contribution in [3.05, 3.63) is 23.2 Å². The van der Waals surface area contributed by atoms with Gasteiger partial charge in [0.05, 0.1) is 29.6 Å². The van der Waals surface area contributed by atoms with Gasteiger partial charge in [0.25, 0.3) is 0 Å². The molecule has 3 aliphatic rings. The summed E-state index contributed by atoms with van der Waals surface area (Å²) in [6.45, 7) is 3.01. The van der Waals surface area contributed by atoms with Gasteiger partial charge in [0.1, 0.15) is 0 Å². The molecule has 1 aromatic rings. The lowest BCUT2D eigenvalue weighted by atomic mass is 9.86. The van der Waals surface area contributed by atoms with E-state index in [1.54, 1.807) is 0 Å². The first-order valence-electron chi connectivity index (χ1n) is 9.12. The van der Waals surface area contributed by atoms with E-state index in [4.69, 9.17) is 16.3 Å². The average Bonchev–Trinajstić information content (AvgIpc) is 3.18.